The Balaban J connectivity index is 1.58. The van der Waals surface area contributed by atoms with Crippen molar-refractivity contribution in [3.05, 3.63) is 89.7 Å². The lowest BCUT2D eigenvalue weighted by atomic mass is 9.94. The van der Waals surface area contributed by atoms with E-state index in [0.29, 0.717) is 46.7 Å². The minimum Gasteiger partial charge on any atom is -0.477 e. The van der Waals surface area contributed by atoms with E-state index < -0.39 is 52.0 Å². The lowest BCUT2D eigenvalue weighted by molar-refractivity contribution is -0.254. The lowest BCUT2D eigenvalue weighted by Crippen LogP contribution is -2.48. The summed E-state index contributed by atoms with van der Waals surface area (Å²) in [7, 11) is 0. The highest BCUT2D eigenvalue weighted by atomic mass is 79.9. The normalized spacial score (nSPS) is 16.6. The van der Waals surface area contributed by atoms with Crippen molar-refractivity contribution >= 4 is 107 Å². The van der Waals surface area contributed by atoms with Crippen LogP contribution < -0.4 is 0 Å². The van der Waals surface area contributed by atoms with E-state index in [4.69, 9.17) is 0 Å². The third-order valence-electron chi connectivity index (χ3n) is 8.99. The Morgan fingerprint density at radius 2 is 0.982 bits per heavy atom. The molecule has 4 nitrogen and oxygen atoms in total. The van der Waals surface area contributed by atoms with Crippen molar-refractivity contribution in [3.63, 3.8) is 0 Å². The van der Waals surface area contributed by atoms with Gasteiger partial charge < -0.3 is 10.2 Å². The summed E-state index contributed by atoms with van der Waals surface area (Å²) in [4.78, 5) is 27.2. The first-order chi connectivity index (χ1) is 25.8. The third-order valence-corrected chi connectivity index (χ3v) is 18.1. The quantitative estimate of drug-likeness (QED) is 0.149. The van der Waals surface area contributed by atoms with E-state index in [2.05, 4.69) is 15.9 Å². The lowest BCUT2D eigenvalue weighted by Gasteiger charge is -2.25. The Kier molecular flexibility index (Phi) is 10.1. The number of alkyl halides is 6. The first-order valence-corrected chi connectivity index (χ1v) is 22.3. The van der Waals surface area contributed by atoms with E-state index in [0.717, 1.165) is 32.4 Å². The summed E-state index contributed by atoms with van der Waals surface area (Å²) in [6.07, 6.45) is 0. The van der Waals surface area contributed by atoms with Crippen LogP contribution in [0.1, 0.15) is 81.8 Å². The third kappa shape index (κ3) is 6.68. The van der Waals surface area contributed by atoms with Gasteiger partial charge in [-0.3, -0.25) is 0 Å². The van der Waals surface area contributed by atoms with Gasteiger partial charge in [-0.1, -0.05) is 41.5 Å². The fourth-order valence-corrected chi connectivity index (χ4v) is 13.7. The number of thiophene rings is 6. The summed E-state index contributed by atoms with van der Waals surface area (Å²) in [6.45, 7) is 11.8. The zero-order valence-electron chi connectivity index (χ0n) is 30.0. The minimum absolute atomic E-state index is 0.0685. The van der Waals surface area contributed by atoms with E-state index in [1.54, 1.807) is 6.07 Å². The van der Waals surface area contributed by atoms with Gasteiger partial charge in [0.2, 0.25) is 0 Å². The molecule has 6 aromatic rings. The Labute approximate surface area is 349 Å². The molecule has 0 saturated heterocycles. The molecular formula is C39H29BrF6O4S6. The van der Waals surface area contributed by atoms with Crippen molar-refractivity contribution in [2.75, 3.05) is 0 Å². The largest absolute Gasteiger partial charge is 0.477 e. The van der Waals surface area contributed by atoms with Gasteiger partial charge in [0.15, 0.2) is 0 Å². The summed E-state index contributed by atoms with van der Waals surface area (Å²) in [5.41, 5.74) is -4.95. The second-order valence-electron chi connectivity index (χ2n) is 15.1. The monoisotopic (exact) mass is 946 g/mol. The molecule has 0 radical (unpaired) electrons. The number of carboxylic acids is 2. The topological polar surface area (TPSA) is 74.6 Å². The maximum atomic E-state index is 16.6. The number of hydrogen-bond donors (Lipinski definition) is 2. The number of rotatable bonds is 8. The van der Waals surface area contributed by atoms with Gasteiger partial charge >= 0.3 is 29.7 Å². The first kappa shape index (κ1) is 41.1. The minimum atomic E-state index is -5.89. The van der Waals surface area contributed by atoms with E-state index in [9.17, 15) is 19.8 Å². The smallest absolute Gasteiger partial charge is 0.380 e. The molecule has 0 atom stereocenters. The van der Waals surface area contributed by atoms with Crippen molar-refractivity contribution in [3.8, 4) is 39.0 Å². The van der Waals surface area contributed by atoms with Crippen LogP contribution in [0.2, 0.25) is 0 Å². The Hall–Kier alpha value is -3.06. The average Bonchev–Trinajstić information content (AvgIpc) is 3.92. The zero-order chi connectivity index (χ0) is 41.1. The fraction of sp³-hybridized carbons (Fsp3) is 0.282. The predicted octanol–water partition coefficient (Wildman–Crippen LogP) is 15.3. The SMILES string of the molecule is CC(C)(C)c1ccc(-c2cc(C3=C(c4cc(-c5sc(C(C)(C)C)cc5Br)sc4-c4ccc(C(=O)O)s4)C(F)(F)C(F)(F)C3(F)F)c(-c3ccc(C(=O)O)s3)s2)s1. The van der Waals surface area contributed by atoms with Gasteiger partial charge in [-0.25, -0.2) is 9.59 Å². The van der Waals surface area contributed by atoms with Crippen molar-refractivity contribution in [1.29, 1.82) is 0 Å². The van der Waals surface area contributed by atoms with Crippen molar-refractivity contribution in [1.82, 2.24) is 0 Å². The summed E-state index contributed by atoms with van der Waals surface area (Å²) in [5, 5.41) is 19.4. The van der Waals surface area contributed by atoms with E-state index in [1.807, 2.05) is 53.7 Å². The highest BCUT2D eigenvalue weighted by Gasteiger charge is 2.80. The van der Waals surface area contributed by atoms with Gasteiger partial charge in [-0.2, -0.15) is 26.3 Å². The standard InChI is InChI=1S/C39H29BrF6O4S6/c1-35(2,3)26-12-11-19(53-26)24-13-16(30(54-24)20-7-9-22(51-20)33(47)48)28-29(38(43,44)39(45,46)37(28,41)42)17-14-25(32-18(40)15-27(56-32)36(4,5)6)55-31(17)21-8-10-23(52-21)34(49)50/h7-15H,1-6H3,(H,47,48)(H,49,50). The Morgan fingerprint density at radius 1 is 0.536 bits per heavy atom. The van der Waals surface area contributed by atoms with Crippen LogP contribution in [-0.2, 0) is 10.8 Å². The molecule has 0 amide bonds. The molecule has 1 aliphatic rings. The highest BCUT2D eigenvalue weighted by molar-refractivity contribution is 9.10. The summed E-state index contributed by atoms with van der Waals surface area (Å²) >= 11 is 9.45. The van der Waals surface area contributed by atoms with Crippen molar-refractivity contribution in [2.24, 2.45) is 0 Å². The second kappa shape index (κ2) is 13.8. The number of halogens is 7. The van der Waals surface area contributed by atoms with Gasteiger partial charge in [0.05, 0.1) is 14.6 Å². The highest BCUT2D eigenvalue weighted by Crippen LogP contribution is 2.68. The number of carboxylic acid groups (broad SMARTS) is 2. The summed E-state index contributed by atoms with van der Waals surface area (Å²) in [5.74, 6) is -19.3. The molecule has 0 unspecified atom stereocenters. The zero-order valence-corrected chi connectivity index (χ0v) is 36.5. The fourth-order valence-electron chi connectivity index (χ4n) is 6.12. The van der Waals surface area contributed by atoms with Crippen LogP contribution in [0.3, 0.4) is 0 Å². The van der Waals surface area contributed by atoms with E-state index in [-0.39, 0.29) is 40.1 Å². The van der Waals surface area contributed by atoms with Gasteiger partial charge in [-0.05, 0) is 81.4 Å². The van der Waals surface area contributed by atoms with Crippen molar-refractivity contribution in [2.45, 2.75) is 70.1 Å². The molecule has 17 heteroatoms. The molecule has 7 rings (SSSR count). The molecule has 0 spiro atoms. The molecule has 56 heavy (non-hydrogen) atoms. The van der Waals surface area contributed by atoms with Crippen LogP contribution in [0.25, 0.3) is 50.2 Å². The molecule has 1 aliphatic carbocycles. The Bertz CT molecular complexity index is 2580. The van der Waals surface area contributed by atoms with Crippen LogP contribution in [0, 0.1) is 0 Å². The first-order valence-electron chi connectivity index (χ1n) is 16.6. The molecule has 6 aromatic heterocycles. The van der Waals surface area contributed by atoms with Gasteiger partial charge in [-0.15, -0.1) is 68.0 Å². The summed E-state index contributed by atoms with van der Waals surface area (Å²) < 4.78 is 99.0. The second-order valence-corrected chi connectivity index (χ2v) is 22.3. The molecule has 0 saturated carbocycles. The number of carbonyl (C=O) groups is 2. The average molecular weight is 948 g/mol. The van der Waals surface area contributed by atoms with Crippen LogP contribution >= 0.6 is 84.0 Å². The molecule has 0 fully saturated rings. The van der Waals surface area contributed by atoms with E-state index >= 15 is 26.3 Å². The summed E-state index contributed by atoms with van der Waals surface area (Å²) in [6, 6.07) is 13.0. The number of hydrogen-bond acceptors (Lipinski definition) is 8. The molecule has 0 aliphatic heterocycles. The molecule has 6 heterocycles. The molecule has 294 valence electrons. The Morgan fingerprint density at radius 3 is 1.39 bits per heavy atom. The van der Waals surface area contributed by atoms with Crippen molar-refractivity contribution < 1.29 is 46.1 Å². The maximum absolute atomic E-state index is 16.6. The molecule has 0 bridgehead atoms. The molecule has 0 aromatic carbocycles. The van der Waals surface area contributed by atoms with Gasteiger partial charge in [0, 0.05) is 60.9 Å². The van der Waals surface area contributed by atoms with Crippen LogP contribution in [0.15, 0.2) is 59.1 Å². The predicted molar refractivity (Wildman–Crippen MR) is 223 cm³/mol. The molecular weight excluding hydrogens is 919 g/mol. The van der Waals surface area contributed by atoms with E-state index in [1.165, 1.54) is 59.1 Å². The van der Waals surface area contributed by atoms with Gasteiger partial charge in [0.25, 0.3) is 0 Å². The number of allylic oxidation sites excluding steroid dienone is 2. The molecule has 2 N–H and O–H groups in total. The van der Waals surface area contributed by atoms with Crippen LogP contribution in [0.5, 0.6) is 0 Å². The van der Waals surface area contributed by atoms with Crippen LogP contribution in [-0.4, -0.2) is 39.9 Å². The maximum Gasteiger partial charge on any atom is 0.380 e. The van der Waals surface area contributed by atoms with Gasteiger partial charge in [0.1, 0.15) is 9.75 Å². The van der Waals surface area contributed by atoms with Crippen LogP contribution in [0.4, 0.5) is 26.3 Å². The number of aromatic carboxylic acids is 2.